The van der Waals surface area contributed by atoms with Crippen molar-refractivity contribution in [2.75, 3.05) is 29.0 Å². The van der Waals surface area contributed by atoms with Crippen LogP contribution in [0.4, 0.5) is 11.4 Å². The Morgan fingerprint density at radius 3 is 2.27 bits per heavy atom. The lowest BCUT2D eigenvalue weighted by Gasteiger charge is -2.19. The minimum absolute atomic E-state index is 0.00466. The van der Waals surface area contributed by atoms with Gasteiger partial charge in [-0.05, 0) is 42.8 Å². The van der Waals surface area contributed by atoms with Gasteiger partial charge in [-0.3, -0.25) is 9.52 Å². The van der Waals surface area contributed by atoms with Crippen molar-refractivity contribution >= 4 is 37.3 Å². The van der Waals surface area contributed by atoms with Crippen LogP contribution in [0.2, 0.25) is 0 Å². The van der Waals surface area contributed by atoms with Crippen molar-refractivity contribution < 1.29 is 31.1 Å². The highest BCUT2D eigenvalue weighted by Gasteiger charge is 2.42. The first-order chi connectivity index (χ1) is 14.0. The van der Waals surface area contributed by atoms with Crippen LogP contribution in [0.25, 0.3) is 0 Å². The molecule has 2 aromatic rings. The molecular weight excluding hydrogens is 432 g/mol. The van der Waals surface area contributed by atoms with Gasteiger partial charge in [-0.2, -0.15) is 0 Å². The Morgan fingerprint density at radius 1 is 1.07 bits per heavy atom. The molecule has 1 atom stereocenters. The number of carbonyl (C=O) groups is 1. The van der Waals surface area contributed by atoms with E-state index in [-0.39, 0.29) is 27.8 Å². The Labute approximate surface area is 175 Å². The highest BCUT2D eigenvalue weighted by Crippen LogP contribution is 2.35. The molecule has 0 aliphatic carbocycles. The zero-order valence-corrected chi connectivity index (χ0v) is 18.5. The number of benzene rings is 2. The Bertz CT molecular complexity index is 1210. The Balaban J connectivity index is 2.10. The molecule has 1 heterocycles. The van der Waals surface area contributed by atoms with Crippen LogP contribution in [0.5, 0.6) is 11.5 Å². The van der Waals surface area contributed by atoms with Crippen molar-refractivity contribution in [2.45, 2.75) is 18.7 Å². The third kappa shape index (κ3) is 3.94. The molecule has 0 spiro atoms. The lowest BCUT2D eigenvalue weighted by molar-refractivity contribution is -0.119. The van der Waals surface area contributed by atoms with Gasteiger partial charge in [0.05, 0.1) is 37.3 Å². The summed E-state index contributed by atoms with van der Waals surface area (Å²) >= 11 is 0. The smallest absolute Gasteiger partial charge is 0.265 e. The minimum Gasteiger partial charge on any atom is -0.495 e. The highest BCUT2D eigenvalue weighted by atomic mass is 32.2. The molecule has 1 amide bonds. The van der Waals surface area contributed by atoms with E-state index in [4.69, 9.17) is 9.47 Å². The topological polar surface area (TPSA) is 119 Å². The zero-order valence-electron chi connectivity index (χ0n) is 16.9. The van der Waals surface area contributed by atoms with Crippen molar-refractivity contribution in [1.82, 2.24) is 0 Å². The molecule has 0 saturated carbocycles. The predicted octanol–water partition coefficient (Wildman–Crippen LogP) is 2.13. The first-order valence-corrected chi connectivity index (χ1v) is 12.0. The maximum Gasteiger partial charge on any atom is 0.265 e. The van der Waals surface area contributed by atoms with E-state index in [9.17, 15) is 21.6 Å². The Hall–Kier alpha value is -2.79. The fraction of sp³-hybridized carbons (Fsp3) is 0.316. The molecule has 2 aromatic carbocycles. The molecule has 0 radical (unpaired) electrons. The van der Waals surface area contributed by atoms with Crippen LogP contribution in [-0.2, 0) is 24.8 Å². The van der Waals surface area contributed by atoms with Gasteiger partial charge in [0.1, 0.15) is 16.4 Å². The van der Waals surface area contributed by atoms with Gasteiger partial charge in [-0.25, -0.2) is 21.1 Å². The van der Waals surface area contributed by atoms with Crippen molar-refractivity contribution in [3.63, 3.8) is 0 Å². The van der Waals surface area contributed by atoms with Gasteiger partial charge >= 0.3 is 0 Å². The average molecular weight is 455 g/mol. The summed E-state index contributed by atoms with van der Waals surface area (Å²) in [5.74, 6) is -1.36. The molecule has 1 aliphatic rings. The number of anilines is 2. The zero-order chi connectivity index (χ0) is 22.3. The largest absolute Gasteiger partial charge is 0.495 e. The van der Waals surface area contributed by atoms with Crippen LogP contribution in [-0.4, -0.2) is 42.7 Å². The van der Waals surface area contributed by atoms with Crippen molar-refractivity contribution in [3.8, 4) is 11.5 Å². The number of ether oxygens (including phenoxy) is 2. The standard InChI is InChI=1S/C19H22N2O7S2/c1-12-5-7-16(27-3)15(9-12)20-30(25,26)18-10-14(6-8-17(18)28-4)21-19(22)13(2)11-29(21,23)24/h5-10,13,20H,11H2,1-4H3. The fourth-order valence-electron chi connectivity index (χ4n) is 3.19. The van der Waals surface area contributed by atoms with Gasteiger partial charge in [0.2, 0.25) is 15.9 Å². The maximum atomic E-state index is 13.1. The van der Waals surface area contributed by atoms with Crippen LogP contribution >= 0.6 is 0 Å². The molecule has 30 heavy (non-hydrogen) atoms. The minimum atomic E-state index is -4.21. The second kappa shape index (κ2) is 7.80. The first-order valence-electron chi connectivity index (χ1n) is 8.92. The molecule has 0 aromatic heterocycles. The number of nitrogens with one attached hydrogen (secondary N) is 1. The molecule has 162 valence electrons. The molecule has 1 fully saturated rings. The number of hydrogen-bond donors (Lipinski definition) is 1. The van der Waals surface area contributed by atoms with E-state index in [1.54, 1.807) is 25.1 Å². The van der Waals surface area contributed by atoms with E-state index >= 15 is 0 Å². The normalized spacial score (nSPS) is 18.3. The molecule has 9 nitrogen and oxygen atoms in total. The molecule has 11 heteroatoms. The van der Waals surface area contributed by atoms with Gasteiger partial charge in [-0.15, -0.1) is 0 Å². The van der Waals surface area contributed by atoms with E-state index in [1.807, 2.05) is 0 Å². The number of carbonyl (C=O) groups excluding carboxylic acids is 1. The Morgan fingerprint density at radius 2 is 1.70 bits per heavy atom. The molecule has 0 bridgehead atoms. The van der Waals surface area contributed by atoms with E-state index < -0.39 is 31.9 Å². The second-order valence-corrected chi connectivity index (χ2v) is 10.4. The van der Waals surface area contributed by atoms with Crippen LogP contribution in [0.15, 0.2) is 41.3 Å². The summed E-state index contributed by atoms with van der Waals surface area (Å²) in [5, 5.41) is 0. The van der Waals surface area contributed by atoms with Crippen LogP contribution in [0.3, 0.4) is 0 Å². The molecule has 1 N–H and O–H groups in total. The van der Waals surface area contributed by atoms with Crippen molar-refractivity contribution in [3.05, 3.63) is 42.0 Å². The summed E-state index contributed by atoms with van der Waals surface area (Å²) in [6.45, 7) is 3.30. The van der Waals surface area contributed by atoms with Gasteiger partial charge in [-0.1, -0.05) is 13.0 Å². The number of rotatable bonds is 6. The quantitative estimate of drug-likeness (QED) is 0.710. The number of methoxy groups -OCH3 is 2. The van der Waals surface area contributed by atoms with Crippen LogP contribution in [0.1, 0.15) is 12.5 Å². The van der Waals surface area contributed by atoms with Gasteiger partial charge in [0.25, 0.3) is 10.0 Å². The first kappa shape index (κ1) is 21.9. The molecule has 1 saturated heterocycles. The monoisotopic (exact) mass is 454 g/mol. The second-order valence-electron chi connectivity index (χ2n) is 6.93. The number of hydrogen-bond acceptors (Lipinski definition) is 7. The lowest BCUT2D eigenvalue weighted by Crippen LogP contribution is -2.30. The summed E-state index contributed by atoms with van der Waals surface area (Å²) in [4.78, 5) is 12.1. The lowest BCUT2D eigenvalue weighted by atomic mass is 10.2. The SMILES string of the molecule is COc1ccc(C)cc1NS(=O)(=O)c1cc(N2C(=O)C(C)CS2(=O)=O)ccc1OC. The van der Waals surface area contributed by atoms with Gasteiger partial charge in [0, 0.05) is 0 Å². The Kier molecular flexibility index (Phi) is 5.70. The van der Waals surface area contributed by atoms with Crippen LogP contribution in [0, 0.1) is 12.8 Å². The number of nitrogens with zero attached hydrogens (tertiary/aromatic N) is 1. The fourth-order valence-corrected chi connectivity index (χ4v) is 6.25. The summed E-state index contributed by atoms with van der Waals surface area (Å²) in [5.41, 5.74) is 0.946. The molecule has 3 rings (SSSR count). The summed E-state index contributed by atoms with van der Waals surface area (Å²) < 4.78 is 64.5. The summed E-state index contributed by atoms with van der Waals surface area (Å²) in [6, 6.07) is 8.74. The third-order valence-corrected chi connectivity index (χ3v) is 7.89. The predicted molar refractivity (Wildman–Crippen MR) is 112 cm³/mol. The molecule has 1 aliphatic heterocycles. The van der Waals surface area contributed by atoms with Crippen molar-refractivity contribution in [1.29, 1.82) is 0 Å². The number of sulfonamides is 2. The molecular formula is C19H22N2O7S2. The van der Waals surface area contributed by atoms with Crippen molar-refractivity contribution in [2.24, 2.45) is 5.92 Å². The average Bonchev–Trinajstić information content (AvgIpc) is 2.88. The van der Waals surface area contributed by atoms with Crippen LogP contribution < -0.4 is 18.5 Å². The summed E-state index contributed by atoms with van der Waals surface area (Å²) in [6.07, 6.45) is 0. The summed E-state index contributed by atoms with van der Waals surface area (Å²) in [7, 11) is -5.40. The van der Waals surface area contributed by atoms with E-state index in [1.165, 1.54) is 33.3 Å². The highest BCUT2D eigenvalue weighted by molar-refractivity contribution is 7.94. The van der Waals surface area contributed by atoms with E-state index in [0.717, 1.165) is 11.6 Å². The van der Waals surface area contributed by atoms with Gasteiger partial charge in [0.15, 0.2) is 0 Å². The third-order valence-electron chi connectivity index (χ3n) is 4.63. The maximum absolute atomic E-state index is 13.1. The number of amides is 1. The van der Waals surface area contributed by atoms with E-state index in [0.29, 0.717) is 10.1 Å². The van der Waals surface area contributed by atoms with E-state index in [2.05, 4.69) is 4.72 Å². The number of aryl methyl sites for hydroxylation is 1. The molecule has 1 unspecified atom stereocenters. The van der Waals surface area contributed by atoms with Gasteiger partial charge < -0.3 is 9.47 Å².